The molecule has 2 N–H and O–H groups in total. The van der Waals surface area contributed by atoms with Gasteiger partial charge in [-0.2, -0.15) is 0 Å². The van der Waals surface area contributed by atoms with E-state index < -0.39 is 17.6 Å². The lowest BCUT2D eigenvalue weighted by atomic mass is 10.1. The van der Waals surface area contributed by atoms with Crippen LogP contribution in [-0.2, 0) is 0 Å². The van der Waals surface area contributed by atoms with Gasteiger partial charge in [0.2, 0.25) is 0 Å². The number of nitrogens with zero attached hydrogens (tertiary/aromatic N) is 1. The van der Waals surface area contributed by atoms with Crippen LogP contribution in [0.2, 0.25) is 0 Å². The second-order valence-electron chi connectivity index (χ2n) is 4.35. The number of hydrogen-bond donors (Lipinski definition) is 1. The first-order valence-corrected chi connectivity index (χ1v) is 6.51. The predicted octanol–water partition coefficient (Wildman–Crippen LogP) is 2.97. The Morgan fingerprint density at radius 2 is 1.70 bits per heavy atom. The Morgan fingerprint density at radius 1 is 1.00 bits per heavy atom. The lowest BCUT2D eigenvalue weighted by Crippen LogP contribution is -2.30. The van der Waals surface area contributed by atoms with Gasteiger partial charge in [0.05, 0.1) is 16.8 Å². The van der Waals surface area contributed by atoms with Crippen LogP contribution in [0.25, 0.3) is 0 Å². The zero-order valence-corrected chi connectivity index (χ0v) is 11.6. The topological polar surface area (TPSA) is 63.4 Å². The Hall–Kier alpha value is -2.21. The molecule has 1 aliphatic rings. The summed E-state index contributed by atoms with van der Waals surface area (Å²) in [5.74, 6) is -1.77. The summed E-state index contributed by atoms with van der Waals surface area (Å²) in [5, 5.41) is 0. The quantitative estimate of drug-likeness (QED) is 0.644. The van der Waals surface area contributed by atoms with Crippen molar-refractivity contribution in [3.05, 3.63) is 57.8 Å². The van der Waals surface area contributed by atoms with Crippen LogP contribution < -0.4 is 10.6 Å². The normalized spacial score (nSPS) is 13.8. The fourth-order valence-electron chi connectivity index (χ4n) is 2.13. The molecule has 6 heteroatoms. The summed E-state index contributed by atoms with van der Waals surface area (Å²) in [6.45, 7) is 0. The Bertz CT molecular complexity index is 761. The lowest BCUT2D eigenvalue weighted by Gasteiger charge is -2.14. The van der Waals surface area contributed by atoms with E-state index in [0.717, 1.165) is 4.90 Å². The Kier molecular flexibility index (Phi) is 2.83. The molecule has 0 bridgehead atoms. The number of carbonyl (C=O) groups is 2. The van der Waals surface area contributed by atoms with Gasteiger partial charge in [-0.25, -0.2) is 9.29 Å². The van der Waals surface area contributed by atoms with Crippen molar-refractivity contribution in [3.63, 3.8) is 0 Å². The van der Waals surface area contributed by atoms with Crippen LogP contribution in [0.5, 0.6) is 0 Å². The highest BCUT2D eigenvalue weighted by Gasteiger charge is 2.38. The first-order chi connectivity index (χ1) is 9.49. The van der Waals surface area contributed by atoms with Gasteiger partial charge >= 0.3 is 0 Å². The zero-order valence-electron chi connectivity index (χ0n) is 10.1. The molecule has 0 radical (unpaired) electrons. The second-order valence-corrected chi connectivity index (χ2v) is 5.26. The summed E-state index contributed by atoms with van der Waals surface area (Å²) in [6, 6.07) is 8.50. The summed E-state index contributed by atoms with van der Waals surface area (Å²) in [7, 11) is 0. The van der Waals surface area contributed by atoms with Gasteiger partial charge in [-0.15, -0.1) is 0 Å². The highest BCUT2D eigenvalue weighted by atomic mass is 79.9. The van der Waals surface area contributed by atoms with Gasteiger partial charge in [0.25, 0.3) is 11.8 Å². The van der Waals surface area contributed by atoms with Crippen molar-refractivity contribution >= 4 is 39.1 Å². The Labute approximate surface area is 122 Å². The molecule has 2 aromatic carbocycles. The number of nitrogens with two attached hydrogens (primary N) is 1. The van der Waals surface area contributed by atoms with Gasteiger partial charge in [0.1, 0.15) is 5.82 Å². The number of amides is 2. The second kappa shape index (κ2) is 4.42. The van der Waals surface area contributed by atoms with E-state index in [1.54, 1.807) is 0 Å². The first kappa shape index (κ1) is 12.8. The molecule has 100 valence electrons. The molecular weight excluding hydrogens is 327 g/mol. The highest BCUT2D eigenvalue weighted by molar-refractivity contribution is 9.10. The van der Waals surface area contributed by atoms with Crippen molar-refractivity contribution in [1.29, 1.82) is 0 Å². The molecule has 3 rings (SSSR count). The number of hydrogen-bond acceptors (Lipinski definition) is 3. The molecule has 0 spiro atoms. The molecule has 0 saturated heterocycles. The maximum Gasteiger partial charge on any atom is 0.266 e. The minimum Gasteiger partial charge on any atom is -0.399 e. The third-order valence-corrected chi connectivity index (χ3v) is 3.55. The third-order valence-electron chi connectivity index (χ3n) is 3.06. The van der Waals surface area contributed by atoms with E-state index in [1.165, 1.54) is 36.4 Å². The van der Waals surface area contributed by atoms with Crippen LogP contribution in [0.3, 0.4) is 0 Å². The van der Waals surface area contributed by atoms with Crippen molar-refractivity contribution in [2.75, 3.05) is 10.6 Å². The van der Waals surface area contributed by atoms with Crippen LogP contribution in [0.1, 0.15) is 20.7 Å². The molecule has 0 fully saturated rings. The van der Waals surface area contributed by atoms with Crippen molar-refractivity contribution in [1.82, 2.24) is 0 Å². The first-order valence-electron chi connectivity index (χ1n) is 5.72. The van der Waals surface area contributed by atoms with Gasteiger partial charge in [-0.1, -0.05) is 15.9 Å². The van der Waals surface area contributed by atoms with Crippen molar-refractivity contribution in [2.24, 2.45) is 0 Å². The number of benzene rings is 2. The molecule has 0 saturated carbocycles. The molecule has 1 heterocycles. The van der Waals surface area contributed by atoms with E-state index in [2.05, 4.69) is 15.9 Å². The largest absolute Gasteiger partial charge is 0.399 e. The van der Waals surface area contributed by atoms with Crippen LogP contribution in [0.15, 0.2) is 40.9 Å². The van der Waals surface area contributed by atoms with Crippen LogP contribution in [0.4, 0.5) is 15.8 Å². The number of carbonyl (C=O) groups excluding carboxylic acids is 2. The van der Waals surface area contributed by atoms with Gasteiger partial charge in [-0.05, 0) is 36.4 Å². The monoisotopic (exact) mass is 334 g/mol. The minimum absolute atomic E-state index is 0.0795. The van der Waals surface area contributed by atoms with E-state index in [0.29, 0.717) is 10.2 Å². The van der Waals surface area contributed by atoms with Crippen LogP contribution in [0, 0.1) is 5.82 Å². The average Bonchev–Trinajstić information content (AvgIpc) is 2.65. The molecule has 20 heavy (non-hydrogen) atoms. The maximum absolute atomic E-state index is 13.9. The van der Waals surface area contributed by atoms with Gasteiger partial charge in [0.15, 0.2) is 0 Å². The summed E-state index contributed by atoms with van der Waals surface area (Å²) >= 11 is 3.19. The van der Waals surface area contributed by atoms with E-state index in [9.17, 15) is 14.0 Å². The summed E-state index contributed by atoms with van der Waals surface area (Å²) in [5.41, 5.74) is 6.32. The number of fused-ring (bicyclic) bond motifs is 1. The lowest BCUT2D eigenvalue weighted by molar-refractivity contribution is 0.0925. The number of anilines is 2. The van der Waals surface area contributed by atoms with Crippen LogP contribution >= 0.6 is 15.9 Å². The molecule has 2 aromatic rings. The number of imide groups is 1. The number of rotatable bonds is 1. The van der Waals surface area contributed by atoms with E-state index in [1.807, 2.05) is 0 Å². The minimum atomic E-state index is -0.643. The third kappa shape index (κ3) is 1.80. The fraction of sp³-hybridized carbons (Fsp3) is 0. The molecular formula is C14H8BrFN2O2. The van der Waals surface area contributed by atoms with Gasteiger partial charge < -0.3 is 5.73 Å². The molecule has 0 atom stereocenters. The van der Waals surface area contributed by atoms with Crippen LogP contribution in [-0.4, -0.2) is 11.8 Å². The van der Waals surface area contributed by atoms with Crippen molar-refractivity contribution in [3.8, 4) is 0 Å². The van der Waals surface area contributed by atoms with Gasteiger partial charge in [-0.3, -0.25) is 9.59 Å². The van der Waals surface area contributed by atoms with Gasteiger partial charge in [0, 0.05) is 10.2 Å². The molecule has 2 amide bonds. The fourth-order valence-corrected chi connectivity index (χ4v) is 2.48. The molecule has 4 nitrogen and oxygen atoms in total. The Morgan fingerprint density at radius 3 is 2.45 bits per heavy atom. The van der Waals surface area contributed by atoms with E-state index >= 15 is 0 Å². The summed E-state index contributed by atoms with van der Waals surface area (Å²) in [4.78, 5) is 25.4. The Balaban J connectivity index is 2.16. The SMILES string of the molecule is Nc1ccc2c(c1)C(=O)N(c1cc(Br)ccc1F)C2=O. The van der Waals surface area contributed by atoms with Crippen molar-refractivity contribution < 1.29 is 14.0 Å². The predicted molar refractivity (Wildman–Crippen MR) is 76.1 cm³/mol. The van der Waals surface area contributed by atoms with E-state index in [-0.39, 0.29) is 16.8 Å². The molecule has 0 aliphatic carbocycles. The smallest absolute Gasteiger partial charge is 0.266 e. The average molecular weight is 335 g/mol. The van der Waals surface area contributed by atoms with Crippen molar-refractivity contribution in [2.45, 2.75) is 0 Å². The zero-order chi connectivity index (χ0) is 14.4. The summed E-state index contributed by atoms with van der Waals surface area (Å²) in [6.07, 6.45) is 0. The summed E-state index contributed by atoms with van der Waals surface area (Å²) < 4.78 is 14.5. The molecule has 0 aromatic heterocycles. The van der Waals surface area contributed by atoms with E-state index in [4.69, 9.17) is 5.73 Å². The molecule has 0 unspecified atom stereocenters. The number of nitrogen functional groups attached to an aromatic ring is 1. The maximum atomic E-state index is 13.9. The molecule has 1 aliphatic heterocycles. The number of halogens is 2. The highest BCUT2D eigenvalue weighted by Crippen LogP contribution is 2.32. The standard InChI is InChI=1S/C14H8BrFN2O2/c15-7-1-4-11(16)12(5-7)18-13(19)9-3-2-8(17)6-10(9)14(18)20/h1-6H,17H2.